The van der Waals surface area contributed by atoms with Gasteiger partial charge in [-0.15, -0.1) is 0 Å². The summed E-state index contributed by atoms with van der Waals surface area (Å²) in [6.07, 6.45) is 3.73. The maximum absolute atomic E-state index is 5.10. The zero-order valence-corrected chi connectivity index (χ0v) is 9.47. The Hall–Kier alpha value is -1.21. The van der Waals surface area contributed by atoms with Crippen LogP contribution < -0.4 is 5.43 Å². The molecule has 0 aromatic carbocycles. The second-order valence-corrected chi connectivity index (χ2v) is 4.72. The molecule has 1 aromatic heterocycles. The number of hydrogen-bond donors (Lipinski definition) is 1. The fraction of sp³-hybridized carbons (Fsp3) is 0.250. The Morgan fingerprint density at radius 1 is 1.60 bits per heavy atom. The van der Waals surface area contributed by atoms with Crippen molar-refractivity contribution >= 4 is 39.1 Å². The molecule has 0 saturated heterocycles. The Bertz CT molecular complexity index is 501. The van der Waals surface area contributed by atoms with Gasteiger partial charge in [-0.25, -0.2) is 0 Å². The molecule has 1 atom stereocenters. The maximum Gasteiger partial charge on any atom is 0.153 e. The zero-order chi connectivity index (χ0) is 10.4. The third-order valence-electron chi connectivity index (χ3n) is 2.16. The minimum atomic E-state index is -0.0693. The number of nitrogens with one attached hydrogen (secondary N) is 1. The number of hydrazone groups is 1. The van der Waals surface area contributed by atoms with Crippen LogP contribution in [0.3, 0.4) is 0 Å². The molecule has 0 bridgehead atoms. The first-order chi connectivity index (χ1) is 7.24. The number of thiocarbonyl (C=S) groups is 1. The number of fused-ring (bicyclic) bond motifs is 1. The van der Waals surface area contributed by atoms with Crippen LogP contribution in [0.1, 0.15) is 5.56 Å². The normalized spacial score (nSPS) is 23.5. The van der Waals surface area contributed by atoms with Crippen molar-refractivity contribution in [2.24, 2.45) is 17.1 Å². The summed E-state index contributed by atoms with van der Waals surface area (Å²) in [7, 11) is 1.88. The van der Waals surface area contributed by atoms with Crippen molar-refractivity contribution in [3.8, 4) is 0 Å². The summed E-state index contributed by atoms with van der Waals surface area (Å²) >= 11 is 6.65. The van der Waals surface area contributed by atoms with Gasteiger partial charge in [0.05, 0.1) is 6.20 Å². The van der Waals surface area contributed by atoms with E-state index in [1.165, 1.54) is 0 Å². The first-order valence-electron chi connectivity index (χ1n) is 4.36. The van der Waals surface area contributed by atoms with Crippen LogP contribution in [0.25, 0.3) is 0 Å². The van der Waals surface area contributed by atoms with Crippen LogP contribution in [0.2, 0.25) is 0 Å². The number of hydrogen-bond acceptors (Lipinski definition) is 5. The average molecular weight is 237 g/mol. The Morgan fingerprint density at radius 2 is 2.47 bits per heavy atom. The number of aryl methyl sites for hydroxylation is 1. The molecule has 0 fully saturated rings. The summed E-state index contributed by atoms with van der Waals surface area (Å²) < 4.78 is 1.75. The topological polar surface area (TPSA) is 54.6 Å². The van der Waals surface area contributed by atoms with E-state index >= 15 is 0 Å². The highest BCUT2D eigenvalue weighted by atomic mass is 32.2. The van der Waals surface area contributed by atoms with E-state index in [1.807, 2.05) is 13.2 Å². The van der Waals surface area contributed by atoms with Gasteiger partial charge in [-0.2, -0.15) is 10.2 Å². The molecule has 7 heteroatoms. The summed E-state index contributed by atoms with van der Waals surface area (Å²) in [6, 6.07) is -0.0693. The molecule has 2 aliphatic heterocycles. The number of aromatic nitrogens is 2. The molecule has 0 radical (unpaired) electrons. The van der Waals surface area contributed by atoms with Crippen LogP contribution in [0, 0.1) is 0 Å². The summed E-state index contributed by atoms with van der Waals surface area (Å²) in [5, 5.41) is 10.1. The van der Waals surface area contributed by atoms with Crippen LogP contribution in [0.5, 0.6) is 0 Å². The van der Waals surface area contributed by atoms with E-state index in [-0.39, 0.29) is 6.04 Å². The molecule has 3 rings (SSSR count). The second kappa shape index (κ2) is 3.14. The van der Waals surface area contributed by atoms with Crippen molar-refractivity contribution < 1.29 is 0 Å². The first kappa shape index (κ1) is 9.05. The summed E-state index contributed by atoms with van der Waals surface area (Å²) in [6.45, 7) is 0. The molecule has 1 unspecified atom stereocenters. The predicted octanol–water partition coefficient (Wildman–Crippen LogP) is 0.526. The van der Waals surface area contributed by atoms with E-state index in [0.29, 0.717) is 4.99 Å². The smallest absolute Gasteiger partial charge is 0.153 e. The zero-order valence-electron chi connectivity index (χ0n) is 7.84. The highest BCUT2D eigenvalue weighted by molar-refractivity contribution is 8.27. The lowest BCUT2D eigenvalue weighted by Gasteiger charge is -1.95. The highest BCUT2D eigenvalue weighted by Crippen LogP contribution is 2.28. The van der Waals surface area contributed by atoms with E-state index in [0.717, 1.165) is 15.7 Å². The molecule has 3 heterocycles. The van der Waals surface area contributed by atoms with Crippen LogP contribution in [0.4, 0.5) is 0 Å². The quantitative estimate of drug-likeness (QED) is 0.724. The molecule has 76 valence electrons. The van der Waals surface area contributed by atoms with Crippen molar-refractivity contribution in [1.82, 2.24) is 15.2 Å². The van der Waals surface area contributed by atoms with Gasteiger partial charge in [-0.05, 0) is 11.8 Å². The molecule has 5 nitrogen and oxygen atoms in total. The third kappa shape index (κ3) is 1.38. The molecule has 0 amide bonds. The Morgan fingerprint density at radius 3 is 3.13 bits per heavy atom. The van der Waals surface area contributed by atoms with Crippen LogP contribution in [-0.2, 0) is 7.05 Å². The lowest BCUT2D eigenvalue weighted by atomic mass is 10.3. The molecule has 1 aromatic rings. The van der Waals surface area contributed by atoms with E-state index < -0.39 is 0 Å². The van der Waals surface area contributed by atoms with Gasteiger partial charge in [-0.1, -0.05) is 12.2 Å². The average Bonchev–Trinajstić information content (AvgIpc) is 2.84. The predicted molar refractivity (Wildman–Crippen MR) is 64.3 cm³/mol. The fourth-order valence-electron chi connectivity index (χ4n) is 1.44. The van der Waals surface area contributed by atoms with Gasteiger partial charge in [0.1, 0.15) is 15.1 Å². The van der Waals surface area contributed by atoms with Crippen molar-refractivity contribution in [3.63, 3.8) is 0 Å². The standard InChI is InChI=1S/C8H7N5S2/c1-13-3-4(2-9-13)7-10-5-6(14)11-12-8(5)15-7/h2-3,5H,1H3,(H,11,14). The molecular formula is C8H7N5S2. The summed E-state index contributed by atoms with van der Waals surface area (Å²) in [4.78, 5) is 5.18. The van der Waals surface area contributed by atoms with Crippen molar-refractivity contribution in [2.75, 3.05) is 0 Å². The van der Waals surface area contributed by atoms with Crippen LogP contribution >= 0.6 is 24.0 Å². The monoisotopic (exact) mass is 237 g/mol. The van der Waals surface area contributed by atoms with Crippen molar-refractivity contribution in [3.05, 3.63) is 18.0 Å². The van der Waals surface area contributed by atoms with Gasteiger partial charge in [0.2, 0.25) is 0 Å². The van der Waals surface area contributed by atoms with Gasteiger partial charge in [0.25, 0.3) is 0 Å². The molecule has 1 N–H and O–H groups in total. The van der Waals surface area contributed by atoms with Gasteiger partial charge in [0, 0.05) is 18.8 Å². The molecule has 0 aliphatic carbocycles. The summed E-state index contributed by atoms with van der Waals surface area (Å²) in [5.74, 6) is 0. The molecule has 0 spiro atoms. The van der Waals surface area contributed by atoms with Gasteiger partial charge < -0.3 is 0 Å². The fourth-order valence-corrected chi connectivity index (χ4v) is 2.68. The van der Waals surface area contributed by atoms with Gasteiger partial charge in [0.15, 0.2) is 6.04 Å². The van der Waals surface area contributed by atoms with Crippen molar-refractivity contribution in [1.29, 1.82) is 0 Å². The molecule has 15 heavy (non-hydrogen) atoms. The van der Waals surface area contributed by atoms with Gasteiger partial charge >= 0.3 is 0 Å². The largest absolute Gasteiger partial charge is 0.275 e. The lowest BCUT2D eigenvalue weighted by molar-refractivity contribution is 0.767. The summed E-state index contributed by atoms with van der Waals surface area (Å²) in [5.41, 5.74) is 3.79. The minimum Gasteiger partial charge on any atom is -0.275 e. The SMILES string of the molecule is Cn1cc(C2=NC3C(=S)NN=C3S2)cn1. The maximum atomic E-state index is 5.10. The first-order valence-corrected chi connectivity index (χ1v) is 5.58. The van der Waals surface area contributed by atoms with E-state index in [4.69, 9.17) is 12.2 Å². The number of aliphatic imine (C=N–C) groups is 1. The number of rotatable bonds is 1. The number of nitrogens with zero attached hydrogens (tertiary/aromatic N) is 4. The molecular weight excluding hydrogens is 230 g/mol. The lowest BCUT2D eigenvalue weighted by Crippen LogP contribution is -2.21. The number of thioether (sulfide) groups is 1. The van der Waals surface area contributed by atoms with E-state index in [9.17, 15) is 0 Å². The second-order valence-electron chi connectivity index (χ2n) is 3.27. The Balaban J connectivity index is 1.95. The molecule has 2 aliphatic rings. The Kier molecular flexibility index (Phi) is 1.89. The Labute approximate surface area is 95.6 Å². The molecule has 0 saturated carbocycles. The van der Waals surface area contributed by atoms with E-state index in [2.05, 4.69) is 20.6 Å². The van der Waals surface area contributed by atoms with Gasteiger partial charge in [-0.3, -0.25) is 15.1 Å². The highest BCUT2D eigenvalue weighted by Gasteiger charge is 2.34. The van der Waals surface area contributed by atoms with Crippen LogP contribution in [0.15, 0.2) is 22.5 Å². The van der Waals surface area contributed by atoms with E-state index in [1.54, 1.807) is 22.6 Å². The van der Waals surface area contributed by atoms with Crippen molar-refractivity contribution in [2.45, 2.75) is 6.04 Å². The third-order valence-corrected chi connectivity index (χ3v) is 3.53. The minimum absolute atomic E-state index is 0.0693. The van der Waals surface area contributed by atoms with Crippen LogP contribution in [-0.4, -0.2) is 30.9 Å².